The van der Waals surface area contributed by atoms with Crippen molar-refractivity contribution >= 4 is 0 Å². The van der Waals surface area contributed by atoms with Crippen molar-refractivity contribution in [2.24, 2.45) is 5.41 Å². The minimum atomic E-state index is 0.257. The molecule has 1 N–H and O–H groups in total. The van der Waals surface area contributed by atoms with E-state index in [-0.39, 0.29) is 5.41 Å². The lowest BCUT2D eigenvalue weighted by atomic mass is 9.84. The molecule has 0 fully saturated rings. The van der Waals surface area contributed by atoms with Gasteiger partial charge < -0.3 is 10.2 Å². The molecule has 0 aliphatic heterocycles. The zero-order chi connectivity index (χ0) is 13.6. The first kappa shape index (κ1) is 15.1. The van der Waals surface area contributed by atoms with Crippen molar-refractivity contribution in [3.63, 3.8) is 0 Å². The normalized spacial score (nSPS) is 13.9. The number of rotatable bonds is 7. The van der Waals surface area contributed by atoms with E-state index in [0.29, 0.717) is 6.04 Å². The van der Waals surface area contributed by atoms with Gasteiger partial charge in [-0.2, -0.15) is 0 Å². The van der Waals surface area contributed by atoms with Gasteiger partial charge in [0.2, 0.25) is 0 Å². The van der Waals surface area contributed by atoms with Gasteiger partial charge in [0.25, 0.3) is 0 Å². The van der Waals surface area contributed by atoms with Crippen LogP contribution < -0.4 is 5.32 Å². The summed E-state index contributed by atoms with van der Waals surface area (Å²) >= 11 is 0. The van der Waals surface area contributed by atoms with Gasteiger partial charge in [-0.15, -0.1) is 0 Å². The maximum absolute atomic E-state index is 4.16. The number of hydrogen-bond acceptors (Lipinski definition) is 3. The van der Waals surface area contributed by atoms with Crippen molar-refractivity contribution in [3.8, 4) is 0 Å². The fourth-order valence-corrected chi connectivity index (χ4v) is 2.27. The molecule has 0 amide bonds. The standard InChI is InChI=1S/C15H27N3/c1-6-17-13(2)15(3,4)12-18(5)11-14-8-7-9-16-10-14/h7-10,13,17H,6,11-12H2,1-5H3. The Morgan fingerprint density at radius 1 is 1.44 bits per heavy atom. The van der Waals surface area contributed by atoms with Gasteiger partial charge in [0.1, 0.15) is 0 Å². The lowest BCUT2D eigenvalue weighted by Gasteiger charge is -2.36. The van der Waals surface area contributed by atoms with Crippen molar-refractivity contribution < 1.29 is 0 Å². The zero-order valence-corrected chi connectivity index (χ0v) is 12.4. The highest BCUT2D eigenvalue weighted by atomic mass is 15.1. The first-order valence-electron chi connectivity index (χ1n) is 6.76. The molecular weight excluding hydrogens is 222 g/mol. The topological polar surface area (TPSA) is 28.2 Å². The summed E-state index contributed by atoms with van der Waals surface area (Å²) in [4.78, 5) is 6.53. The largest absolute Gasteiger partial charge is 0.314 e. The van der Waals surface area contributed by atoms with Crippen LogP contribution >= 0.6 is 0 Å². The minimum absolute atomic E-state index is 0.257. The molecule has 0 saturated carbocycles. The average Bonchev–Trinajstić information content (AvgIpc) is 2.29. The molecule has 1 aromatic rings. The van der Waals surface area contributed by atoms with Gasteiger partial charge in [-0.1, -0.05) is 26.8 Å². The SMILES string of the molecule is CCNC(C)C(C)(C)CN(C)Cc1cccnc1. The van der Waals surface area contributed by atoms with Crippen molar-refractivity contribution in [3.05, 3.63) is 30.1 Å². The first-order chi connectivity index (χ1) is 8.45. The summed E-state index contributed by atoms with van der Waals surface area (Å²) in [6, 6.07) is 4.64. The first-order valence-corrected chi connectivity index (χ1v) is 6.76. The van der Waals surface area contributed by atoms with Gasteiger partial charge in [0, 0.05) is 31.5 Å². The van der Waals surface area contributed by atoms with Crippen LogP contribution in [0.3, 0.4) is 0 Å². The van der Waals surface area contributed by atoms with Crippen LogP contribution in [0.2, 0.25) is 0 Å². The summed E-state index contributed by atoms with van der Waals surface area (Å²) in [5.41, 5.74) is 1.53. The monoisotopic (exact) mass is 249 g/mol. The van der Waals surface area contributed by atoms with E-state index in [9.17, 15) is 0 Å². The highest BCUT2D eigenvalue weighted by Crippen LogP contribution is 2.22. The van der Waals surface area contributed by atoms with Gasteiger partial charge in [0.15, 0.2) is 0 Å². The van der Waals surface area contributed by atoms with Crippen LogP contribution in [0.25, 0.3) is 0 Å². The highest BCUT2D eigenvalue weighted by molar-refractivity contribution is 5.08. The molecule has 0 bridgehead atoms. The maximum atomic E-state index is 4.16. The lowest BCUT2D eigenvalue weighted by Crippen LogP contribution is -2.45. The quantitative estimate of drug-likeness (QED) is 0.805. The molecular formula is C15H27N3. The molecule has 102 valence electrons. The molecule has 1 rings (SSSR count). The number of hydrogen-bond donors (Lipinski definition) is 1. The fourth-order valence-electron chi connectivity index (χ4n) is 2.27. The van der Waals surface area contributed by atoms with Gasteiger partial charge in [-0.3, -0.25) is 4.98 Å². The number of aromatic nitrogens is 1. The predicted octanol–water partition coefficient (Wildman–Crippen LogP) is 2.54. The van der Waals surface area contributed by atoms with Crippen LogP contribution in [0, 0.1) is 5.41 Å². The van der Waals surface area contributed by atoms with E-state index in [1.54, 1.807) is 0 Å². The molecule has 0 saturated heterocycles. The van der Waals surface area contributed by atoms with Crippen LogP contribution in [-0.4, -0.2) is 36.1 Å². The van der Waals surface area contributed by atoms with E-state index >= 15 is 0 Å². The molecule has 0 radical (unpaired) electrons. The van der Waals surface area contributed by atoms with Crippen LogP contribution in [-0.2, 0) is 6.54 Å². The number of pyridine rings is 1. The molecule has 0 spiro atoms. The van der Waals surface area contributed by atoms with E-state index in [1.165, 1.54) is 5.56 Å². The second-order valence-corrected chi connectivity index (χ2v) is 5.80. The Kier molecular flexibility index (Phi) is 5.76. The molecule has 0 aliphatic rings. The fraction of sp³-hybridized carbons (Fsp3) is 0.667. The summed E-state index contributed by atoms with van der Waals surface area (Å²) in [6.07, 6.45) is 3.76. The van der Waals surface area contributed by atoms with Crippen LogP contribution in [0.15, 0.2) is 24.5 Å². The molecule has 3 nitrogen and oxygen atoms in total. The van der Waals surface area contributed by atoms with E-state index < -0.39 is 0 Å². The molecule has 0 aliphatic carbocycles. The smallest absolute Gasteiger partial charge is 0.0312 e. The Bertz CT molecular complexity index is 335. The van der Waals surface area contributed by atoms with Crippen molar-refractivity contribution in [1.82, 2.24) is 15.2 Å². The molecule has 0 aromatic carbocycles. The maximum Gasteiger partial charge on any atom is 0.0312 e. The summed E-state index contributed by atoms with van der Waals surface area (Å²) in [6.45, 7) is 12.1. The molecule has 1 unspecified atom stereocenters. The van der Waals surface area contributed by atoms with E-state index in [0.717, 1.165) is 19.6 Å². The Balaban J connectivity index is 2.51. The molecule has 1 heterocycles. The minimum Gasteiger partial charge on any atom is -0.314 e. The van der Waals surface area contributed by atoms with E-state index in [2.05, 4.69) is 56.0 Å². The van der Waals surface area contributed by atoms with Crippen molar-refractivity contribution in [1.29, 1.82) is 0 Å². The zero-order valence-electron chi connectivity index (χ0n) is 12.4. The Morgan fingerprint density at radius 2 is 2.17 bits per heavy atom. The predicted molar refractivity (Wildman–Crippen MR) is 77.5 cm³/mol. The van der Waals surface area contributed by atoms with Gasteiger partial charge in [0.05, 0.1) is 0 Å². The van der Waals surface area contributed by atoms with E-state index in [1.807, 2.05) is 18.5 Å². The third kappa shape index (κ3) is 4.75. The van der Waals surface area contributed by atoms with Crippen LogP contribution in [0.1, 0.15) is 33.3 Å². The number of nitrogens with zero attached hydrogens (tertiary/aromatic N) is 2. The summed E-state index contributed by atoms with van der Waals surface area (Å²) in [5, 5.41) is 3.52. The van der Waals surface area contributed by atoms with Crippen molar-refractivity contribution in [2.75, 3.05) is 20.1 Å². The summed E-state index contributed by atoms with van der Waals surface area (Å²) in [5.74, 6) is 0. The Labute approximate surface area is 112 Å². The lowest BCUT2D eigenvalue weighted by molar-refractivity contribution is 0.161. The molecule has 1 aromatic heterocycles. The van der Waals surface area contributed by atoms with Crippen molar-refractivity contribution in [2.45, 2.75) is 40.3 Å². The van der Waals surface area contributed by atoms with Crippen LogP contribution in [0.4, 0.5) is 0 Å². The Morgan fingerprint density at radius 3 is 2.72 bits per heavy atom. The number of nitrogens with one attached hydrogen (secondary N) is 1. The third-order valence-electron chi connectivity index (χ3n) is 3.54. The van der Waals surface area contributed by atoms with E-state index in [4.69, 9.17) is 0 Å². The molecule has 18 heavy (non-hydrogen) atoms. The molecule has 3 heteroatoms. The summed E-state index contributed by atoms with van der Waals surface area (Å²) < 4.78 is 0. The molecule has 1 atom stereocenters. The van der Waals surface area contributed by atoms with Gasteiger partial charge in [-0.25, -0.2) is 0 Å². The Hall–Kier alpha value is -0.930. The van der Waals surface area contributed by atoms with Gasteiger partial charge >= 0.3 is 0 Å². The summed E-state index contributed by atoms with van der Waals surface area (Å²) in [7, 11) is 2.17. The highest BCUT2D eigenvalue weighted by Gasteiger charge is 2.26. The second kappa shape index (κ2) is 6.86. The van der Waals surface area contributed by atoms with Crippen LogP contribution in [0.5, 0.6) is 0 Å². The average molecular weight is 249 g/mol. The second-order valence-electron chi connectivity index (χ2n) is 5.80. The third-order valence-corrected chi connectivity index (χ3v) is 3.54. The van der Waals surface area contributed by atoms with Gasteiger partial charge in [-0.05, 0) is 37.6 Å².